The lowest BCUT2D eigenvalue weighted by Crippen LogP contribution is -2.37. The van der Waals surface area contributed by atoms with Gasteiger partial charge >= 0.3 is 0 Å². The summed E-state index contributed by atoms with van der Waals surface area (Å²) in [7, 11) is 0. The molecule has 0 radical (unpaired) electrons. The van der Waals surface area contributed by atoms with Gasteiger partial charge in [-0.25, -0.2) is 4.39 Å². The molecular weight excluding hydrogens is 259 g/mol. The first-order valence-corrected chi connectivity index (χ1v) is 6.21. The van der Waals surface area contributed by atoms with Crippen molar-refractivity contribution in [2.45, 2.75) is 6.42 Å². The molecule has 1 amide bonds. The van der Waals surface area contributed by atoms with Crippen molar-refractivity contribution in [3.8, 4) is 0 Å². The zero-order valence-electron chi connectivity index (χ0n) is 10.5. The highest BCUT2D eigenvalue weighted by atomic mass is 19.1. The minimum Gasteiger partial charge on any atom is -0.307 e. The number of pyridine rings is 1. The number of benzene rings is 1. The van der Waals surface area contributed by atoms with Crippen LogP contribution in [0.3, 0.4) is 0 Å². The number of aromatic nitrogens is 1. The molecule has 4 nitrogen and oxygen atoms in total. The summed E-state index contributed by atoms with van der Waals surface area (Å²) in [6, 6.07) is 7.14. The van der Waals surface area contributed by atoms with E-state index in [1.165, 1.54) is 35.5 Å². The first-order chi connectivity index (χ1) is 9.66. The molecule has 2 heterocycles. The fourth-order valence-electron chi connectivity index (χ4n) is 2.30. The number of hydrogen-bond acceptors (Lipinski definition) is 3. The fourth-order valence-corrected chi connectivity index (χ4v) is 2.30. The van der Waals surface area contributed by atoms with Gasteiger partial charge in [0.1, 0.15) is 5.82 Å². The second kappa shape index (κ2) is 4.85. The lowest BCUT2D eigenvalue weighted by atomic mass is 9.99. The lowest BCUT2D eigenvalue weighted by molar-refractivity contribution is 0.0954. The SMILES string of the molecule is O=C1CCN(C(=O)c2ccncc2)c2ccc(F)cc21. The Kier molecular flexibility index (Phi) is 3.02. The number of hydrogen-bond donors (Lipinski definition) is 0. The standard InChI is InChI=1S/C15H11FN2O2/c16-11-1-2-13-12(9-11)14(19)5-8-18(13)15(20)10-3-6-17-7-4-10/h1-4,6-7,9H,5,8H2. The van der Waals surface area contributed by atoms with Crippen LogP contribution in [0.25, 0.3) is 0 Å². The third kappa shape index (κ3) is 2.07. The van der Waals surface area contributed by atoms with Gasteiger partial charge in [-0.05, 0) is 30.3 Å². The Labute approximate surface area is 114 Å². The van der Waals surface area contributed by atoms with Crippen LogP contribution in [0.5, 0.6) is 0 Å². The third-order valence-corrected chi connectivity index (χ3v) is 3.28. The lowest BCUT2D eigenvalue weighted by Gasteiger charge is -2.28. The summed E-state index contributed by atoms with van der Waals surface area (Å²) in [6.45, 7) is 0.304. The van der Waals surface area contributed by atoms with Gasteiger partial charge in [-0.15, -0.1) is 0 Å². The summed E-state index contributed by atoms with van der Waals surface area (Å²) in [6.07, 6.45) is 3.27. The number of fused-ring (bicyclic) bond motifs is 1. The van der Waals surface area contributed by atoms with E-state index in [9.17, 15) is 14.0 Å². The van der Waals surface area contributed by atoms with Crippen molar-refractivity contribution in [2.75, 3.05) is 11.4 Å². The molecule has 0 atom stereocenters. The zero-order valence-corrected chi connectivity index (χ0v) is 10.5. The van der Waals surface area contributed by atoms with Crippen LogP contribution in [-0.2, 0) is 0 Å². The predicted octanol–water partition coefficient (Wildman–Crippen LogP) is 2.45. The van der Waals surface area contributed by atoms with E-state index in [0.29, 0.717) is 17.8 Å². The maximum atomic E-state index is 13.3. The summed E-state index contributed by atoms with van der Waals surface area (Å²) in [4.78, 5) is 29.6. The first kappa shape index (κ1) is 12.5. The number of halogens is 1. The number of ketones is 1. The molecule has 1 aliphatic heterocycles. The molecule has 0 N–H and O–H groups in total. The van der Waals surface area contributed by atoms with Crippen molar-refractivity contribution in [1.82, 2.24) is 4.98 Å². The van der Waals surface area contributed by atoms with Gasteiger partial charge in [-0.1, -0.05) is 0 Å². The highest BCUT2D eigenvalue weighted by Gasteiger charge is 2.28. The van der Waals surface area contributed by atoms with Crippen LogP contribution in [0.4, 0.5) is 10.1 Å². The van der Waals surface area contributed by atoms with Crippen molar-refractivity contribution in [1.29, 1.82) is 0 Å². The second-order valence-corrected chi connectivity index (χ2v) is 4.53. The van der Waals surface area contributed by atoms with Crippen LogP contribution in [-0.4, -0.2) is 23.2 Å². The van der Waals surface area contributed by atoms with Gasteiger partial charge in [-0.3, -0.25) is 14.6 Å². The molecule has 5 heteroatoms. The molecule has 2 aromatic rings. The van der Waals surface area contributed by atoms with Crippen LogP contribution in [0.15, 0.2) is 42.7 Å². The van der Waals surface area contributed by atoms with Gasteiger partial charge < -0.3 is 4.90 Å². The summed E-state index contributed by atoms with van der Waals surface area (Å²) in [5.41, 5.74) is 1.22. The van der Waals surface area contributed by atoms with Crippen molar-refractivity contribution in [2.24, 2.45) is 0 Å². The molecule has 20 heavy (non-hydrogen) atoms. The van der Waals surface area contributed by atoms with Crippen LogP contribution in [0, 0.1) is 5.82 Å². The minimum absolute atomic E-state index is 0.140. The molecule has 1 aliphatic rings. The van der Waals surface area contributed by atoms with Gasteiger partial charge in [0.15, 0.2) is 5.78 Å². The number of carbonyl (C=O) groups excluding carboxylic acids is 2. The highest BCUT2D eigenvalue weighted by molar-refractivity contribution is 6.13. The monoisotopic (exact) mass is 270 g/mol. The molecule has 0 unspecified atom stereocenters. The van der Waals surface area contributed by atoms with Crippen molar-refractivity contribution in [3.63, 3.8) is 0 Å². The van der Waals surface area contributed by atoms with Crippen LogP contribution < -0.4 is 4.90 Å². The van der Waals surface area contributed by atoms with E-state index in [2.05, 4.69) is 4.98 Å². The molecule has 0 fully saturated rings. The summed E-state index contributed by atoms with van der Waals surface area (Å²) >= 11 is 0. The van der Waals surface area contributed by atoms with E-state index in [-0.39, 0.29) is 23.7 Å². The molecule has 1 aromatic carbocycles. The van der Waals surface area contributed by atoms with Gasteiger partial charge in [-0.2, -0.15) is 0 Å². The second-order valence-electron chi connectivity index (χ2n) is 4.53. The molecule has 0 spiro atoms. The van der Waals surface area contributed by atoms with E-state index >= 15 is 0 Å². The predicted molar refractivity (Wildman–Crippen MR) is 71.3 cm³/mol. The summed E-state index contributed by atoms with van der Waals surface area (Å²) in [5.74, 6) is -0.832. The molecule has 0 saturated heterocycles. The molecular formula is C15H11FN2O2. The number of anilines is 1. The quantitative estimate of drug-likeness (QED) is 0.799. The Morgan fingerprint density at radius 3 is 2.70 bits per heavy atom. The van der Waals surface area contributed by atoms with Gasteiger partial charge in [0.05, 0.1) is 5.69 Å². The smallest absolute Gasteiger partial charge is 0.258 e. The third-order valence-electron chi connectivity index (χ3n) is 3.28. The van der Waals surface area contributed by atoms with Gasteiger partial charge in [0.25, 0.3) is 5.91 Å². The molecule has 0 aliphatic carbocycles. The molecule has 100 valence electrons. The topological polar surface area (TPSA) is 50.3 Å². The number of amides is 1. The van der Waals surface area contributed by atoms with Crippen LogP contribution in [0.2, 0.25) is 0 Å². The van der Waals surface area contributed by atoms with E-state index in [1.54, 1.807) is 12.1 Å². The normalized spacial score (nSPS) is 14.1. The Hall–Kier alpha value is -2.56. The minimum atomic E-state index is -0.477. The maximum Gasteiger partial charge on any atom is 0.258 e. The number of rotatable bonds is 1. The average Bonchev–Trinajstić information content (AvgIpc) is 2.48. The van der Waals surface area contributed by atoms with Crippen molar-refractivity contribution in [3.05, 3.63) is 59.7 Å². The zero-order chi connectivity index (χ0) is 14.1. The molecule has 0 bridgehead atoms. The number of carbonyl (C=O) groups is 2. The Morgan fingerprint density at radius 2 is 1.95 bits per heavy atom. The highest BCUT2D eigenvalue weighted by Crippen LogP contribution is 2.28. The fraction of sp³-hybridized carbons (Fsp3) is 0.133. The number of Topliss-reactive ketones (excluding diaryl/α,β-unsaturated/α-hetero) is 1. The summed E-state index contributed by atoms with van der Waals surface area (Å²) in [5, 5.41) is 0. The molecule has 3 rings (SSSR count). The van der Waals surface area contributed by atoms with Gasteiger partial charge in [0.2, 0.25) is 0 Å². The van der Waals surface area contributed by atoms with Gasteiger partial charge in [0, 0.05) is 36.5 Å². The largest absolute Gasteiger partial charge is 0.307 e. The molecule has 1 aromatic heterocycles. The van der Waals surface area contributed by atoms with Crippen molar-refractivity contribution < 1.29 is 14.0 Å². The Balaban J connectivity index is 2.03. The first-order valence-electron chi connectivity index (χ1n) is 6.21. The Bertz CT molecular complexity index is 686. The van der Waals surface area contributed by atoms with E-state index in [4.69, 9.17) is 0 Å². The van der Waals surface area contributed by atoms with E-state index in [1.807, 2.05) is 0 Å². The Morgan fingerprint density at radius 1 is 1.20 bits per heavy atom. The van der Waals surface area contributed by atoms with Crippen LogP contribution in [0.1, 0.15) is 27.1 Å². The van der Waals surface area contributed by atoms with Crippen molar-refractivity contribution >= 4 is 17.4 Å². The van der Waals surface area contributed by atoms with Crippen LogP contribution >= 0.6 is 0 Å². The van der Waals surface area contributed by atoms with E-state index < -0.39 is 5.82 Å². The summed E-state index contributed by atoms with van der Waals surface area (Å²) < 4.78 is 13.3. The number of nitrogens with zero attached hydrogens (tertiary/aromatic N) is 2. The molecule has 0 saturated carbocycles. The van der Waals surface area contributed by atoms with E-state index in [0.717, 1.165) is 0 Å². The average molecular weight is 270 g/mol. The maximum absolute atomic E-state index is 13.3.